The van der Waals surface area contributed by atoms with Crippen LogP contribution in [-0.2, 0) is 11.1 Å². The third kappa shape index (κ3) is 6.23. The molecule has 0 aliphatic carbocycles. The molecule has 0 fully saturated rings. The van der Waals surface area contributed by atoms with Crippen molar-refractivity contribution in [3.05, 3.63) is 0 Å². The Morgan fingerprint density at radius 1 is 1.40 bits per heavy atom. The van der Waals surface area contributed by atoms with Crippen LogP contribution in [0.4, 0.5) is 0 Å². The molecule has 0 amide bonds. The normalized spacial score (nSPS) is 17.3. The predicted octanol–water partition coefficient (Wildman–Crippen LogP) is 1.89. The fraction of sp³-hybridized carbons (Fsp3) is 1.00. The van der Waals surface area contributed by atoms with E-state index in [4.69, 9.17) is 4.55 Å². The summed E-state index contributed by atoms with van der Waals surface area (Å²) < 4.78 is 18.8. The predicted molar refractivity (Wildman–Crippen MR) is 44.3 cm³/mol. The van der Waals surface area contributed by atoms with Crippen molar-refractivity contribution in [3.8, 4) is 0 Å². The maximum Gasteiger partial charge on any atom is 0.153 e. The first-order valence-corrected chi connectivity index (χ1v) is 4.87. The van der Waals surface area contributed by atoms with Gasteiger partial charge in [0.1, 0.15) is 0 Å². The quantitative estimate of drug-likeness (QED) is 0.644. The van der Waals surface area contributed by atoms with E-state index in [1.54, 1.807) is 0 Å². The van der Waals surface area contributed by atoms with Crippen LogP contribution in [-0.4, -0.2) is 14.5 Å². The molecule has 0 radical (unpaired) electrons. The van der Waals surface area contributed by atoms with E-state index >= 15 is 0 Å². The molecule has 0 aliphatic rings. The summed E-state index contributed by atoms with van der Waals surface area (Å²) in [5.41, 5.74) is 0. The van der Waals surface area contributed by atoms with Crippen LogP contribution in [0.3, 0.4) is 0 Å². The minimum atomic E-state index is -1.61. The number of hydrogen-bond acceptors (Lipinski definition) is 1. The third-order valence-electron chi connectivity index (χ3n) is 1.30. The Hall–Kier alpha value is 0.110. The van der Waals surface area contributed by atoms with Gasteiger partial charge in [0.05, 0.1) is 5.75 Å². The van der Waals surface area contributed by atoms with E-state index in [1.165, 1.54) is 0 Å². The van der Waals surface area contributed by atoms with E-state index in [2.05, 4.69) is 13.8 Å². The minimum Gasteiger partial charge on any atom is -0.306 e. The van der Waals surface area contributed by atoms with Gasteiger partial charge in [-0.1, -0.05) is 20.8 Å². The van der Waals surface area contributed by atoms with Crippen molar-refractivity contribution in [3.63, 3.8) is 0 Å². The maximum atomic E-state index is 10.3. The summed E-state index contributed by atoms with van der Waals surface area (Å²) in [7, 11) is 0. The van der Waals surface area contributed by atoms with Gasteiger partial charge >= 0.3 is 0 Å². The molecule has 1 N–H and O–H groups in total. The van der Waals surface area contributed by atoms with Crippen LogP contribution in [0.15, 0.2) is 0 Å². The Bertz CT molecular complexity index is 112. The van der Waals surface area contributed by atoms with Crippen molar-refractivity contribution in [1.29, 1.82) is 0 Å². The van der Waals surface area contributed by atoms with Gasteiger partial charge in [-0.15, -0.1) is 0 Å². The molecule has 0 saturated heterocycles. The van der Waals surface area contributed by atoms with E-state index in [0.29, 0.717) is 17.6 Å². The van der Waals surface area contributed by atoms with Crippen LogP contribution in [0.2, 0.25) is 0 Å². The second-order valence-electron chi connectivity index (χ2n) is 3.22. The minimum absolute atomic E-state index is 0.367. The lowest BCUT2D eigenvalue weighted by atomic mass is 10.0. The van der Waals surface area contributed by atoms with E-state index in [0.717, 1.165) is 6.42 Å². The average molecular weight is 164 g/mol. The molecule has 0 aromatic heterocycles. The zero-order valence-corrected chi connectivity index (χ0v) is 7.65. The van der Waals surface area contributed by atoms with E-state index < -0.39 is 11.1 Å². The summed E-state index contributed by atoms with van der Waals surface area (Å²) >= 11 is -1.61. The van der Waals surface area contributed by atoms with Crippen LogP contribution in [0.5, 0.6) is 0 Å². The average Bonchev–Trinajstić information content (AvgIpc) is 1.58. The van der Waals surface area contributed by atoms with Crippen LogP contribution in [0, 0.1) is 11.8 Å². The zero-order valence-electron chi connectivity index (χ0n) is 6.83. The number of hydrogen-bond donors (Lipinski definition) is 1. The highest BCUT2D eigenvalue weighted by Crippen LogP contribution is 2.10. The standard InChI is InChI=1S/C7H16O2S/c1-6(2)4-7(3)5-10(8)9/h6-7H,4-5H2,1-3H3,(H,8,9). The zero-order chi connectivity index (χ0) is 8.15. The molecule has 10 heavy (non-hydrogen) atoms. The molecule has 62 valence electrons. The lowest BCUT2D eigenvalue weighted by Gasteiger charge is -2.10. The van der Waals surface area contributed by atoms with Crippen molar-refractivity contribution >= 4 is 11.1 Å². The van der Waals surface area contributed by atoms with Crippen molar-refractivity contribution in [2.45, 2.75) is 27.2 Å². The van der Waals surface area contributed by atoms with E-state index in [9.17, 15) is 4.21 Å². The molecular formula is C7H16O2S. The Balaban J connectivity index is 3.43. The third-order valence-corrected chi connectivity index (χ3v) is 2.16. The fourth-order valence-electron chi connectivity index (χ4n) is 1.12. The van der Waals surface area contributed by atoms with Crippen molar-refractivity contribution in [2.75, 3.05) is 5.75 Å². The second-order valence-corrected chi connectivity index (χ2v) is 4.20. The molecular weight excluding hydrogens is 148 g/mol. The molecule has 3 heteroatoms. The molecule has 2 nitrogen and oxygen atoms in total. The Morgan fingerprint density at radius 2 is 1.90 bits per heavy atom. The van der Waals surface area contributed by atoms with E-state index in [-0.39, 0.29) is 0 Å². The Labute approximate surface area is 65.3 Å². The smallest absolute Gasteiger partial charge is 0.153 e. The van der Waals surface area contributed by atoms with Crippen LogP contribution in [0.25, 0.3) is 0 Å². The Morgan fingerprint density at radius 3 is 2.20 bits per heavy atom. The van der Waals surface area contributed by atoms with Gasteiger partial charge in [-0.2, -0.15) is 0 Å². The highest BCUT2D eigenvalue weighted by Gasteiger charge is 2.07. The van der Waals surface area contributed by atoms with Gasteiger partial charge in [0.15, 0.2) is 11.1 Å². The number of rotatable bonds is 4. The van der Waals surface area contributed by atoms with Gasteiger partial charge in [0, 0.05) is 0 Å². The summed E-state index contributed by atoms with van der Waals surface area (Å²) in [5.74, 6) is 1.41. The van der Waals surface area contributed by atoms with Crippen LogP contribution < -0.4 is 0 Å². The monoisotopic (exact) mass is 164 g/mol. The molecule has 0 bridgehead atoms. The molecule has 0 aromatic rings. The molecule has 2 atom stereocenters. The second kappa shape index (κ2) is 4.85. The first-order chi connectivity index (χ1) is 4.52. The lowest BCUT2D eigenvalue weighted by molar-refractivity contribution is 0.460. The Kier molecular flexibility index (Phi) is 4.91. The SMILES string of the molecule is CC(C)CC(C)CS(=O)O. The van der Waals surface area contributed by atoms with E-state index in [1.807, 2.05) is 6.92 Å². The van der Waals surface area contributed by atoms with Gasteiger partial charge in [-0.25, -0.2) is 4.21 Å². The molecule has 0 rings (SSSR count). The summed E-state index contributed by atoms with van der Waals surface area (Å²) in [5, 5.41) is 0. The van der Waals surface area contributed by atoms with Gasteiger partial charge in [0.25, 0.3) is 0 Å². The van der Waals surface area contributed by atoms with Gasteiger partial charge in [0.2, 0.25) is 0 Å². The molecule has 2 unspecified atom stereocenters. The van der Waals surface area contributed by atoms with Crippen molar-refractivity contribution in [2.24, 2.45) is 11.8 Å². The summed E-state index contributed by atoms with van der Waals surface area (Å²) in [4.78, 5) is 0. The van der Waals surface area contributed by atoms with Gasteiger partial charge < -0.3 is 4.55 Å². The molecule has 0 aromatic carbocycles. The maximum absolute atomic E-state index is 10.3. The summed E-state index contributed by atoms with van der Waals surface area (Å²) in [6, 6.07) is 0. The highest BCUT2D eigenvalue weighted by atomic mass is 32.2. The topological polar surface area (TPSA) is 37.3 Å². The van der Waals surface area contributed by atoms with Gasteiger partial charge in [-0.05, 0) is 18.3 Å². The summed E-state index contributed by atoms with van der Waals surface area (Å²) in [6.45, 7) is 6.25. The largest absolute Gasteiger partial charge is 0.306 e. The lowest BCUT2D eigenvalue weighted by Crippen LogP contribution is -2.09. The van der Waals surface area contributed by atoms with Crippen LogP contribution in [0.1, 0.15) is 27.2 Å². The molecule has 0 saturated carbocycles. The van der Waals surface area contributed by atoms with Crippen molar-refractivity contribution < 1.29 is 8.76 Å². The van der Waals surface area contributed by atoms with Crippen LogP contribution >= 0.6 is 0 Å². The van der Waals surface area contributed by atoms with Gasteiger partial charge in [-0.3, -0.25) is 0 Å². The molecule has 0 aliphatic heterocycles. The highest BCUT2D eigenvalue weighted by molar-refractivity contribution is 7.79. The molecule has 0 heterocycles. The van der Waals surface area contributed by atoms with Crippen molar-refractivity contribution in [1.82, 2.24) is 0 Å². The molecule has 0 spiro atoms. The fourth-order valence-corrected chi connectivity index (χ4v) is 1.74. The first-order valence-electron chi connectivity index (χ1n) is 3.59. The first kappa shape index (κ1) is 10.1. The summed E-state index contributed by atoms with van der Waals surface area (Å²) in [6.07, 6.45) is 1.03.